The molecule has 0 unspecified atom stereocenters. The predicted octanol–water partition coefficient (Wildman–Crippen LogP) is 4.93. The SMILES string of the molecule is CCCCCC=CCC=CCC=CCC=C(CCCC(=O)O)n1cnc2c(=O)[nH]c(=O)[nH]c21. The third-order valence-corrected chi connectivity index (χ3v) is 5.08. The van der Waals surface area contributed by atoms with E-state index >= 15 is 0 Å². The van der Waals surface area contributed by atoms with E-state index in [1.165, 1.54) is 25.6 Å². The van der Waals surface area contributed by atoms with Crippen molar-refractivity contribution in [3.05, 3.63) is 69.7 Å². The van der Waals surface area contributed by atoms with Crippen LogP contribution in [-0.2, 0) is 4.79 Å². The Hall–Kier alpha value is -3.42. The van der Waals surface area contributed by atoms with E-state index in [1.54, 1.807) is 4.57 Å². The van der Waals surface area contributed by atoms with Crippen LogP contribution >= 0.6 is 0 Å². The van der Waals surface area contributed by atoms with Crippen LogP contribution < -0.4 is 11.2 Å². The van der Waals surface area contributed by atoms with Gasteiger partial charge in [0.2, 0.25) is 0 Å². The minimum atomic E-state index is -0.864. The van der Waals surface area contributed by atoms with Gasteiger partial charge in [-0.15, -0.1) is 0 Å². The molecule has 3 N–H and O–H groups in total. The number of aromatic amines is 2. The second kappa shape index (κ2) is 14.6. The maximum atomic E-state index is 12.0. The Morgan fingerprint density at radius 2 is 1.67 bits per heavy atom. The molecule has 0 aliphatic rings. The van der Waals surface area contributed by atoms with E-state index in [-0.39, 0.29) is 11.9 Å². The van der Waals surface area contributed by atoms with Gasteiger partial charge in [-0.05, 0) is 44.9 Å². The van der Waals surface area contributed by atoms with Gasteiger partial charge >= 0.3 is 11.7 Å². The highest BCUT2D eigenvalue weighted by molar-refractivity contribution is 5.74. The number of aromatic nitrogens is 4. The molecule has 33 heavy (non-hydrogen) atoms. The Bertz CT molecular complexity index is 1120. The van der Waals surface area contributed by atoms with Gasteiger partial charge in [-0.1, -0.05) is 62.3 Å². The summed E-state index contributed by atoms with van der Waals surface area (Å²) in [6.45, 7) is 2.21. The molecule has 178 valence electrons. The average Bonchev–Trinajstić information content (AvgIpc) is 3.19. The lowest BCUT2D eigenvalue weighted by molar-refractivity contribution is -0.137. The second-order valence-corrected chi connectivity index (χ2v) is 7.78. The van der Waals surface area contributed by atoms with Crippen molar-refractivity contribution in [2.45, 2.75) is 71.1 Å². The van der Waals surface area contributed by atoms with Gasteiger partial charge in [-0.2, -0.15) is 0 Å². The molecule has 0 fully saturated rings. The van der Waals surface area contributed by atoms with E-state index in [0.29, 0.717) is 24.9 Å². The number of carboxylic acid groups (broad SMARTS) is 1. The van der Waals surface area contributed by atoms with Crippen LogP contribution in [0.2, 0.25) is 0 Å². The molecule has 8 nitrogen and oxygen atoms in total. The molecule has 8 heteroatoms. The fraction of sp³-hybridized carbons (Fsp3) is 0.440. The van der Waals surface area contributed by atoms with Crippen molar-refractivity contribution >= 4 is 22.8 Å². The maximum absolute atomic E-state index is 12.0. The van der Waals surface area contributed by atoms with Gasteiger partial charge in [0.25, 0.3) is 5.56 Å². The molecule has 0 aromatic carbocycles. The van der Waals surface area contributed by atoms with Gasteiger partial charge in [0.05, 0.1) is 0 Å². The molecular formula is C25H34N4O4. The maximum Gasteiger partial charge on any atom is 0.327 e. The van der Waals surface area contributed by atoms with Gasteiger partial charge in [0.1, 0.15) is 6.33 Å². The molecule has 2 rings (SSSR count). The first-order valence-electron chi connectivity index (χ1n) is 11.6. The molecular weight excluding hydrogens is 420 g/mol. The number of carboxylic acids is 1. The topological polar surface area (TPSA) is 121 Å². The van der Waals surface area contributed by atoms with Crippen LogP contribution in [0.15, 0.2) is 58.4 Å². The Balaban J connectivity index is 1.96. The first-order chi connectivity index (χ1) is 16.0. The highest BCUT2D eigenvalue weighted by atomic mass is 16.4. The van der Waals surface area contributed by atoms with Gasteiger partial charge in [0.15, 0.2) is 11.2 Å². The van der Waals surface area contributed by atoms with Crippen LogP contribution in [0.5, 0.6) is 0 Å². The first kappa shape index (κ1) is 25.8. The van der Waals surface area contributed by atoms with E-state index < -0.39 is 17.2 Å². The average molecular weight is 455 g/mol. The van der Waals surface area contributed by atoms with Gasteiger partial charge in [-0.3, -0.25) is 24.1 Å². The summed E-state index contributed by atoms with van der Waals surface area (Å²) >= 11 is 0. The molecule has 0 aliphatic heterocycles. The summed E-state index contributed by atoms with van der Waals surface area (Å²) in [5, 5.41) is 8.95. The summed E-state index contributed by atoms with van der Waals surface area (Å²) in [5.74, 6) is -0.864. The third-order valence-electron chi connectivity index (χ3n) is 5.08. The van der Waals surface area contributed by atoms with Crippen molar-refractivity contribution in [3.63, 3.8) is 0 Å². The van der Waals surface area contributed by atoms with Crippen LogP contribution in [0.4, 0.5) is 0 Å². The number of aliphatic carboxylic acids is 1. The molecule has 0 aliphatic carbocycles. The van der Waals surface area contributed by atoms with Crippen LogP contribution in [0.3, 0.4) is 0 Å². The Labute approximate surface area is 193 Å². The molecule has 2 aromatic heterocycles. The van der Waals surface area contributed by atoms with Crippen LogP contribution in [0.25, 0.3) is 16.9 Å². The molecule has 2 aromatic rings. The number of H-pyrrole nitrogens is 2. The van der Waals surface area contributed by atoms with Gasteiger partial charge in [-0.25, -0.2) is 9.78 Å². The fourth-order valence-corrected chi connectivity index (χ4v) is 3.37. The number of nitrogens with one attached hydrogen (secondary N) is 2. The Kier molecular flexibility index (Phi) is 11.4. The monoisotopic (exact) mass is 454 g/mol. The van der Waals surface area contributed by atoms with Crippen LogP contribution in [-0.4, -0.2) is 30.6 Å². The summed E-state index contributed by atoms with van der Waals surface area (Å²) in [6.07, 6.45) is 24.6. The Morgan fingerprint density at radius 3 is 2.36 bits per heavy atom. The van der Waals surface area contributed by atoms with Crippen molar-refractivity contribution in [2.75, 3.05) is 0 Å². The Morgan fingerprint density at radius 1 is 0.970 bits per heavy atom. The standard InChI is InChI=1S/C25H34N4O4/c1-2-3-4-5-6-7-8-9-10-11-12-13-14-16-20(17-15-18-21(30)31)29-19-26-22-23(29)27-25(33)28-24(22)32/h6-7,9-10,12-13,16,19H,2-5,8,11,14-15,17-18H2,1H3,(H,30,31)(H2,27,28,32,33). The number of rotatable bonds is 15. The quantitative estimate of drug-likeness (QED) is 0.260. The molecule has 0 bridgehead atoms. The van der Waals surface area contributed by atoms with Crippen molar-refractivity contribution in [1.29, 1.82) is 0 Å². The van der Waals surface area contributed by atoms with E-state index in [2.05, 4.69) is 52.3 Å². The summed E-state index contributed by atoms with van der Waals surface area (Å²) in [6, 6.07) is 0. The molecule has 0 saturated carbocycles. The summed E-state index contributed by atoms with van der Waals surface area (Å²) in [5.41, 5.74) is 0.0636. The number of nitrogens with zero attached hydrogens (tertiary/aromatic N) is 2. The summed E-state index contributed by atoms with van der Waals surface area (Å²) in [4.78, 5) is 43.4. The number of hydrogen-bond donors (Lipinski definition) is 3. The number of unbranched alkanes of at least 4 members (excludes halogenated alkanes) is 3. The molecule has 0 spiro atoms. The lowest BCUT2D eigenvalue weighted by atomic mass is 10.1. The van der Waals surface area contributed by atoms with E-state index in [1.807, 2.05) is 12.2 Å². The van der Waals surface area contributed by atoms with Crippen LogP contribution in [0, 0.1) is 0 Å². The van der Waals surface area contributed by atoms with Crippen molar-refractivity contribution in [1.82, 2.24) is 19.5 Å². The summed E-state index contributed by atoms with van der Waals surface area (Å²) < 4.78 is 1.65. The number of allylic oxidation sites excluding steroid dienone is 8. The van der Waals surface area contributed by atoms with Crippen molar-refractivity contribution in [2.24, 2.45) is 0 Å². The molecule has 2 heterocycles. The zero-order valence-electron chi connectivity index (χ0n) is 19.3. The number of fused-ring (bicyclic) bond motifs is 1. The lowest BCUT2D eigenvalue weighted by Crippen LogP contribution is -2.22. The largest absolute Gasteiger partial charge is 0.481 e. The summed E-state index contributed by atoms with van der Waals surface area (Å²) in [7, 11) is 0. The minimum Gasteiger partial charge on any atom is -0.481 e. The molecule has 0 atom stereocenters. The third kappa shape index (κ3) is 9.31. The minimum absolute atomic E-state index is 0.0365. The van der Waals surface area contributed by atoms with Crippen molar-refractivity contribution in [3.8, 4) is 0 Å². The van der Waals surface area contributed by atoms with Gasteiger partial charge in [0, 0.05) is 12.1 Å². The molecule has 0 radical (unpaired) electrons. The fourth-order valence-electron chi connectivity index (χ4n) is 3.37. The number of carbonyl (C=O) groups is 1. The van der Waals surface area contributed by atoms with Gasteiger partial charge < -0.3 is 5.11 Å². The molecule has 0 saturated heterocycles. The van der Waals surface area contributed by atoms with E-state index in [9.17, 15) is 14.4 Å². The first-order valence-corrected chi connectivity index (χ1v) is 11.6. The number of imidazole rings is 1. The normalized spacial score (nSPS) is 12.7. The lowest BCUT2D eigenvalue weighted by Gasteiger charge is -2.09. The highest BCUT2D eigenvalue weighted by Crippen LogP contribution is 2.18. The van der Waals surface area contributed by atoms with Crippen molar-refractivity contribution < 1.29 is 9.90 Å². The smallest absolute Gasteiger partial charge is 0.327 e. The van der Waals surface area contributed by atoms with E-state index in [4.69, 9.17) is 5.11 Å². The zero-order valence-corrected chi connectivity index (χ0v) is 19.3. The molecule has 0 amide bonds. The van der Waals surface area contributed by atoms with Crippen LogP contribution in [0.1, 0.15) is 71.1 Å². The van der Waals surface area contributed by atoms with E-state index in [0.717, 1.165) is 25.0 Å². The number of hydrogen-bond acceptors (Lipinski definition) is 4. The second-order valence-electron chi connectivity index (χ2n) is 7.78. The zero-order chi connectivity index (χ0) is 23.9. The predicted molar refractivity (Wildman–Crippen MR) is 132 cm³/mol. The highest BCUT2D eigenvalue weighted by Gasteiger charge is 2.11.